The summed E-state index contributed by atoms with van der Waals surface area (Å²) in [5.74, 6) is 0.695. The smallest absolute Gasteiger partial charge is 0.0941 e. The van der Waals surface area contributed by atoms with E-state index in [1.165, 1.54) is 42.7 Å². The summed E-state index contributed by atoms with van der Waals surface area (Å²) >= 11 is 1.79. The van der Waals surface area contributed by atoms with E-state index in [1.807, 2.05) is 0 Å². The number of rotatable bonds is 3. The highest BCUT2D eigenvalue weighted by Gasteiger charge is 2.20. The zero-order valence-corrected chi connectivity index (χ0v) is 10.6. The van der Waals surface area contributed by atoms with Gasteiger partial charge in [0.05, 0.1) is 16.8 Å². The first-order valence-electron chi connectivity index (χ1n) is 6.14. The quantitative estimate of drug-likeness (QED) is 0.794. The van der Waals surface area contributed by atoms with Gasteiger partial charge in [-0.25, -0.2) is 4.98 Å². The minimum absolute atomic E-state index is 0.594. The van der Waals surface area contributed by atoms with Crippen LogP contribution >= 0.6 is 11.3 Å². The Labute approximate surface area is 101 Å². The molecule has 2 nitrogen and oxygen atoms in total. The molecule has 0 aliphatic heterocycles. The van der Waals surface area contributed by atoms with Crippen LogP contribution in [-0.2, 0) is 6.42 Å². The van der Waals surface area contributed by atoms with Crippen molar-refractivity contribution in [2.45, 2.75) is 57.8 Å². The number of thiazole rings is 1. The van der Waals surface area contributed by atoms with E-state index < -0.39 is 0 Å². The molecule has 16 heavy (non-hydrogen) atoms. The van der Waals surface area contributed by atoms with Crippen molar-refractivity contribution in [2.24, 2.45) is 0 Å². The number of aryl methyl sites for hydroxylation is 2. The molecule has 0 N–H and O–H groups in total. The predicted octanol–water partition coefficient (Wildman–Crippen LogP) is 3.96. The molecule has 0 spiro atoms. The normalized spacial score (nSPS) is 17.2. The molecule has 0 unspecified atom stereocenters. The van der Waals surface area contributed by atoms with Crippen LogP contribution in [0.1, 0.15) is 60.0 Å². The largest absolute Gasteiger partial charge is 0.246 e. The Kier molecular flexibility index (Phi) is 3.95. The van der Waals surface area contributed by atoms with Crippen molar-refractivity contribution in [3.8, 4) is 6.07 Å². The van der Waals surface area contributed by atoms with Crippen molar-refractivity contribution in [3.05, 3.63) is 15.6 Å². The van der Waals surface area contributed by atoms with Crippen LogP contribution in [0.15, 0.2) is 0 Å². The lowest BCUT2D eigenvalue weighted by Gasteiger charge is -2.20. The highest BCUT2D eigenvalue weighted by molar-refractivity contribution is 7.11. The van der Waals surface area contributed by atoms with Gasteiger partial charge in [0.25, 0.3) is 0 Å². The van der Waals surface area contributed by atoms with E-state index in [-0.39, 0.29) is 0 Å². The second kappa shape index (κ2) is 5.45. The van der Waals surface area contributed by atoms with Gasteiger partial charge in [-0.15, -0.1) is 11.3 Å². The maximum atomic E-state index is 8.58. The second-order valence-electron chi connectivity index (χ2n) is 4.54. The van der Waals surface area contributed by atoms with Crippen LogP contribution in [0.25, 0.3) is 0 Å². The highest BCUT2D eigenvalue weighted by atomic mass is 32.1. The van der Waals surface area contributed by atoms with Crippen molar-refractivity contribution >= 4 is 11.3 Å². The molecule has 1 fully saturated rings. The van der Waals surface area contributed by atoms with Crippen molar-refractivity contribution in [2.75, 3.05) is 0 Å². The maximum Gasteiger partial charge on any atom is 0.0941 e. The van der Waals surface area contributed by atoms with Crippen LogP contribution in [0.3, 0.4) is 0 Å². The Bertz CT molecular complexity index is 383. The van der Waals surface area contributed by atoms with Crippen molar-refractivity contribution in [1.29, 1.82) is 5.26 Å². The van der Waals surface area contributed by atoms with Gasteiger partial charge in [-0.2, -0.15) is 5.26 Å². The number of hydrogen-bond donors (Lipinski definition) is 0. The fraction of sp³-hybridized carbons (Fsp3) is 0.692. The molecule has 1 aromatic heterocycles. The summed E-state index contributed by atoms with van der Waals surface area (Å²) in [6, 6.07) is 2.19. The zero-order chi connectivity index (χ0) is 11.4. The molecule has 3 heteroatoms. The van der Waals surface area contributed by atoms with Crippen LogP contribution in [0, 0.1) is 18.3 Å². The van der Waals surface area contributed by atoms with Gasteiger partial charge in [-0.1, -0.05) is 19.3 Å². The molecule has 0 bridgehead atoms. The van der Waals surface area contributed by atoms with Gasteiger partial charge in [0, 0.05) is 23.6 Å². The lowest BCUT2D eigenvalue weighted by molar-refractivity contribution is 0.436. The summed E-state index contributed by atoms with van der Waals surface area (Å²) in [7, 11) is 0. The van der Waals surface area contributed by atoms with Crippen LogP contribution in [0.2, 0.25) is 0 Å². The average Bonchev–Trinajstić information content (AvgIpc) is 2.69. The van der Waals surface area contributed by atoms with Crippen molar-refractivity contribution < 1.29 is 0 Å². The Morgan fingerprint density at radius 1 is 1.38 bits per heavy atom. The predicted molar refractivity (Wildman–Crippen MR) is 66.6 cm³/mol. The number of aromatic nitrogens is 1. The standard InChI is InChI=1S/C13H18N2S/c1-10-13(11-6-3-2-4-7-11)15-12(16-10)8-5-9-14/h11H,2-8H2,1H3. The summed E-state index contributed by atoms with van der Waals surface area (Å²) < 4.78 is 0. The van der Waals surface area contributed by atoms with E-state index in [1.54, 1.807) is 11.3 Å². The summed E-state index contributed by atoms with van der Waals surface area (Å²) in [5, 5.41) is 9.73. The third-order valence-electron chi connectivity index (χ3n) is 3.32. The third-order valence-corrected chi connectivity index (χ3v) is 4.37. The molecule has 1 saturated carbocycles. The highest BCUT2D eigenvalue weighted by Crippen LogP contribution is 2.35. The maximum absolute atomic E-state index is 8.58. The molecule has 0 saturated heterocycles. The molecule has 0 amide bonds. The first-order valence-corrected chi connectivity index (χ1v) is 6.96. The molecule has 0 radical (unpaired) electrons. The zero-order valence-electron chi connectivity index (χ0n) is 9.83. The molecule has 1 heterocycles. The Morgan fingerprint density at radius 2 is 2.12 bits per heavy atom. The molecular weight excluding hydrogens is 216 g/mol. The fourth-order valence-corrected chi connectivity index (χ4v) is 3.51. The Balaban J connectivity index is 2.08. The van der Waals surface area contributed by atoms with Crippen LogP contribution in [0.5, 0.6) is 0 Å². The number of nitrogens with zero attached hydrogens (tertiary/aromatic N) is 2. The van der Waals surface area contributed by atoms with E-state index in [0.29, 0.717) is 12.3 Å². The van der Waals surface area contributed by atoms with Gasteiger partial charge in [-0.05, 0) is 19.8 Å². The Hall–Kier alpha value is -0.880. The number of nitriles is 1. The molecule has 1 aliphatic carbocycles. The van der Waals surface area contributed by atoms with E-state index in [9.17, 15) is 0 Å². The molecule has 0 aromatic carbocycles. The summed E-state index contributed by atoms with van der Waals surface area (Å²) in [4.78, 5) is 6.11. The van der Waals surface area contributed by atoms with Gasteiger partial charge >= 0.3 is 0 Å². The first kappa shape index (κ1) is 11.6. The van der Waals surface area contributed by atoms with Gasteiger partial charge in [0.15, 0.2) is 0 Å². The number of hydrogen-bond acceptors (Lipinski definition) is 3. The summed E-state index contributed by atoms with van der Waals surface area (Å²) in [6.07, 6.45) is 8.14. The van der Waals surface area contributed by atoms with Gasteiger partial charge in [-0.3, -0.25) is 0 Å². The molecular formula is C13H18N2S. The summed E-state index contributed by atoms with van der Waals surface area (Å²) in [6.45, 7) is 2.18. The minimum Gasteiger partial charge on any atom is -0.246 e. The first-order chi connectivity index (χ1) is 7.81. The van der Waals surface area contributed by atoms with E-state index in [2.05, 4.69) is 13.0 Å². The average molecular weight is 234 g/mol. The van der Waals surface area contributed by atoms with Crippen molar-refractivity contribution in [3.63, 3.8) is 0 Å². The Morgan fingerprint density at radius 3 is 2.81 bits per heavy atom. The van der Waals surface area contributed by atoms with Gasteiger partial charge < -0.3 is 0 Å². The van der Waals surface area contributed by atoms with Gasteiger partial charge in [0.2, 0.25) is 0 Å². The van der Waals surface area contributed by atoms with Crippen molar-refractivity contribution in [1.82, 2.24) is 4.98 Å². The minimum atomic E-state index is 0.594. The van der Waals surface area contributed by atoms with E-state index >= 15 is 0 Å². The molecule has 2 rings (SSSR count). The topological polar surface area (TPSA) is 36.7 Å². The van der Waals surface area contributed by atoms with Crippen LogP contribution in [-0.4, -0.2) is 4.98 Å². The summed E-state index contributed by atoms with van der Waals surface area (Å²) in [5.41, 5.74) is 1.33. The fourth-order valence-electron chi connectivity index (χ4n) is 2.49. The van der Waals surface area contributed by atoms with Crippen LogP contribution < -0.4 is 0 Å². The van der Waals surface area contributed by atoms with E-state index in [4.69, 9.17) is 10.2 Å². The van der Waals surface area contributed by atoms with Crippen LogP contribution in [0.4, 0.5) is 0 Å². The van der Waals surface area contributed by atoms with Gasteiger partial charge in [0.1, 0.15) is 0 Å². The third kappa shape index (κ3) is 2.62. The molecule has 1 aliphatic rings. The molecule has 86 valence electrons. The second-order valence-corrected chi connectivity index (χ2v) is 5.83. The molecule has 0 atom stereocenters. The monoisotopic (exact) mass is 234 g/mol. The van der Waals surface area contributed by atoms with E-state index in [0.717, 1.165) is 11.4 Å². The molecule has 1 aromatic rings. The lowest BCUT2D eigenvalue weighted by atomic mass is 9.86. The lowest BCUT2D eigenvalue weighted by Crippen LogP contribution is -2.06. The SMILES string of the molecule is Cc1sc(CCC#N)nc1C1CCCCC1.